The molecule has 4 aromatic rings. The number of carbonyl (C=O) groups excluding carboxylic acids is 1. The van der Waals surface area contributed by atoms with E-state index in [1.807, 2.05) is 54.2 Å². The number of nitrogens with one attached hydrogen (secondary N) is 2. The molecule has 0 aliphatic rings. The fraction of sp³-hybridized carbons (Fsp3) is 0.167. The summed E-state index contributed by atoms with van der Waals surface area (Å²) in [6.07, 6.45) is 5.69. The molecule has 0 atom stereocenters. The Balaban J connectivity index is 1.45. The summed E-state index contributed by atoms with van der Waals surface area (Å²) >= 11 is 1.59. The summed E-state index contributed by atoms with van der Waals surface area (Å²) in [5.41, 5.74) is 5.17. The van der Waals surface area contributed by atoms with Crippen LogP contribution in [0.3, 0.4) is 0 Å². The van der Waals surface area contributed by atoms with Crippen LogP contribution in [0.25, 0.3) is 16.9 Å². The van der Waals surface area contributed by atoms with Gasteiger partial charge in [0, 0.05) is 29.5 Å². The lowest BCUT2D eigenvalue weighted by Crippen LogP contribution is -2.23. The molecule has 0 fully saturated rings. The summed E-state index contributed by atoms with van der Waals surface area (Å²) in [7, 11) is 0. The quantitative estimate of drug-likeness (QED) is 0.592. The average molecular weight is 351 g/mol. The number of hydrogen-bond donors (Lipinski definition) is 2. The zero-order chi connectivity index (χ0) is 17.4. The lowest BCUT2D eigenvalue weighted by molar-refractivity contribution is 0.0946. The second-order valence-corrected chi connectivity index (χ2v) is 7.00. The molecule has 1 amide bonds. The number of rotatable bonds is 4. The van der Waals surface area contributed by atoms with Gasteiger partial charge in [-0.1, -0.05) is 0 Å². The highest BCUT2D eigenvalue weighted by molar-refractivity contribution is 7.09. The summed E-state index contributed by atoms with van der Waals surface area (Å²) in [5.74, 6) is -0.161. The number of pyridine rings is 1. The Labute approximate surface area is 148 Å². The van der Waals surface area contributed by atoms with Gasteiger partial charge in [-0.05, 0) is 37.6 Å². The number of fused-ring (bicyclic) bond motifs is 1. The average Bonchev–Trinajstić information content (AvgIpc) is 3.30. The Morgan fingerprint density at radius 1 is 1.32 bits per heavy atom. The molecule has 4 aromatic heterocycles. The lowest BCUT2D eigenvalue weighted by Gasteiger charge is -2.00. The number of hydrogen-bond acceptors (Lipinski definition) is 4. The van der Waals surface area contributed by atoms with E-state index < -0.39 is 0 Å². The summed E-state index contributed by atoms with van der Waals surface area (Å²) in [4.78, 5) is 24.3. The smallest absolute Gasteiger partial charge is 0.268 e. The Bertz CT molecular complexity index is 1060. The second-order valence-electron chi connectivity index (χ2n) is 5.94. The molecule has 0 spiro atoms. The van der Waals surface area contributed by atoms with Crippen molar-refractivity contribution in [3.63, 3.8) is 0 Å². The van der Waals surface area contributed by atoms with Crippen LogP contribution in [0.2, 0.25) is 0 Å². The molecule has 2 N–H and O–H groups in total. The van der Waals surface area contributed by atoms with Crippen LogP contribution >= 0.6 is 11.3 Å². The highest BCUT2D eigenvalue weighted by Gasteiger charge is 2.12. The van der Waals surface area contributed by atoms with Crippen LogP contribution in [0.5, 0.6) is 0 Å². The van der Waals surface area contributed by atoms with E-state index in [9.17, 15) is 4.79 Å². The minimum absolute atomic E-state index is 0.161. The van der Waals surface area contributed by atoms with E-state index in [-0.39, 0.29) is 5.91 Å². The van der Waals surface area contributed by atoms with Crippen LogP contribution in [0, 0.1) is 13.8 Å². The number of carbonyl (C=O) groups is 1. The van der Waals surface area contributed by atoms with Crippen molar-refractivity contribution >= 4 is 22.9 Å². The van der Waals surface area contributed by atoms with Crippen LogP contribution in [-0.2, 0) is 6.54 Å². The largest absolute Gasteiger partial charge is 0.357 e. The third-order valence-electron chi connectivity index (χ3n) is 3.94. The summed E-state index contributed by atoms with van der Waals surface area (Å²) < 4.78 is 1.95. The molecule has 0 aliphatic carbocycles. The first-order chi connectivity index (χ1) is 12.1. The van der Waals surface area contributed by atoms with Crippen LogP contribution < -0.4 is 5.32 Å². The highest BCUT2D eigenvalue weighted by atomic mass is 32.1. The fourth-order valence-corrected chi connectivity index (χ4v) is 3.28. The van der Waals surface area contributed by atoms with Gasteiger partial charge in [-0.15, -0.1) is 11.3 Å². The number of aryl methyl sites for hydroxylation is 2. The van der Waals surface area contributed by atoms with Crippen molar-refractivity contribution < 1.29 is 4.79 Å². The van der Waals surface area contributed by atoms with Crippen molar-refractivity contribution in [1.82, 2.24) is 24.7 Å². The standard InChI is InChI=1S/C18H17N5OS/c1-11-3-4-23-9-14(22-17(23)5-11)8-20-18(24)15-6-13(7-19-15)16-10-25-12(2)21-16/h3-7,9-10,19H,8H2,1-2H3,(H,20,24). The Morgan fingerprint density at radius 2 is 2.20 bits per heavy atom. The predicted octanol–water partition coefficient (Wildman–Crippen LogP) is 3.33. The molecular weight excluding hydrogens is 334 g/mol. The molecule has 0 aliphatic heterocycles. The first kappa shape index (κ1) is 15.6. The van der Waals surface area contributed by atoms with Gasteiger partial charge in [0.2, 0.25) is 0 Å². The van der Waals surface area contributed by atoms with E-state index in [0.717, 1.165) is 33.2 Å². The SMILES string of the molecule is Cc1ccn2cc(CNC(=O)c3cc(-c4csc(C)n4)c[nH]3)nc2c1. The number of H-pyrrole nitrogens is 1. The maximum atomic E-state index is 12.3. The monoisotopic (exact) mass is 351 g/mol. The minimum Gasteiger partial charge on any atom is -0.357 e. The van der Waals surface area contributed by atoms with Gasteiger partial charge in [0.05, 0.1) is 22.9 Å². The zero-order valence-electron chi connectivity index (χ0n) is 13.9. The van der Waals surface area contributed by atoms with Crippen molar-refractivity contribution in [3.05, 3.63) is 64.1 Å². The van der Waals surface area contributed by atoms with Crippen molar-refractivity contribution in [2.75, 3.05) is 0 Å². The van der Waals surface area contributed by atoms with E-state index >= 15 is 0 Å². The van der Waals surface area contributed by atoms with Gasteiger partial charge in [0.25, 0.3) is 5.91 Å². The number of imidazole rings is 1. The van der Waals surface area contributed by atoms with E-state index in [1.165, 1.54) is 0 Å². The molecule has 0 saturated carbocycles. The number of aromatic amines is 1. The van der Waals surface area contributed by atoms with E-state index in [4.69, 9.17) is 0 Å². The Kier molecular flexibility index (Phi) is 3.85. The number of aromatic nitrogens is 4. The second kappa shape index (κ2) is 6.18. The summed E-state index contributed by atoms with van der Waals surface area (Å²) in [6, 6.07) is 5.85. The molecule has 0 unspecified atom stereocenters. The van der Waals surface area contributed by atoms with Crippen LogP contribution in [0.1, 0.15) is 26.8 Å². The number of nitrogens with zero attached hydrogens (tertiary/aromatic N) is 3. The van der Waals surface area contributed by atoms with Gasteiger partial charge >= 0.3 is 0 Å². The molecule has 4 heterocycles. The predicted molar refractivity (Wildman–Crippen MR) is 97.7 cm³/mol. The molecule has 7 heteroatoms. The molecule has 25 heavy (non-hydrogen) atoms. The van der Waals surface area contributed by atoms with Crippen LogP contribution in [0.15, 0.2) is 42.2 Å². The van der Waals surface area contributed by atoms with Gasteiger partial charge in [-0.3, -0.25) is 4.79 Å². The van der Waals surface area contributed by atoms with Gasteiger partial charge in [0.1, 0.15) is 11.3 Å². The van der Waals surface area contributed by atoms with Crippen molar-refractivity contribution in [2.45, 2.75) is 20.4 Å². The third-order valence-corrected chi connectivity index (χ3v) is 4.71. The third kappa shape index (κ3) is 3.18. The van der Waals surface area contributed by atoms with Gasteiger partial charge in [-0.25, -0.2) is 9.97 Å². The van der Waals surface area contributed by atoms with Gasteiger partial charge in [0.15, 0.2) is 0 Å². The molecule has 0 saturated heterocycles. The minimum atomic E-state index is -0.161. The highest BCUT2D eigenvalue weighted by Crippen LogP contribution is 2.22. The molecular formula is C18H17N5OS. The first-order valence-corrected chi connectivity index (χ1v) is 8.80. The first-order valence-electron chi connectivity index (χ1n) is 7.92. The fourth-order valence-electron chi connectivity index (χ4n) is 2.66. The summed E-state index contributed by atoms with van der Waals surface area (Å²) in [5, 5.41) is 5.89. The van der Waals surface area contributed by atoms with E-state index in [2.05, 4.69) is 20.3 Å². The van der Waals surface area contributed by atoms with E-state index in [1.54, 1.807) is 17.5 Å². The lowest BCUT2D eigenvalue weighted by atomic mass is 10.2. The van der Waals surface area contributed by atoms with Crippen molar-refractivity contribution in [3.8, 4) is 11.3 Å². The van der Waals surface area contributed by atoms with Crippen LogP contribution in [-0.4, -0.2) is 25.3 Å². The maximum Gasteiger partial charge on any atom is 0.268 e. The maximum absolute atomic E-state index is 12.3. The van der Waals surface area contributed by atoms with E-state index in [0.29, 0.717) is 12.2 Å². The van der Waals surface area contributed by atoms with Crippen molar-refractivity contribution in [1.29, 1.82) is 0 Å². The molecule has 6 nitrogen and oxygen atoms in total. The Hall–Kier alpha value is -2.93. The molecule has 0 aromatic carbocycles. The molecule has 126 valence electrons. The topological polar surface area (TPSA) is 75.1 Å². The zero-order valence-corrected chi connectivity index (χ0v) is 14.7. The van der Waals surface area contributed by atoms with Gasteiger partial charge < -0.3 is 14.7 Å². The molecule has 4 rings (SSSR count). The number of thiazole rings is 1. The molecule has 0 radical (unpaired) electrons. The Morgan fingerprint density at radius 3 is 3.00 bits per heavy atom. The normalized spacial score (nSPS) is 11.1. The molecule has 0 bridgehead atoms. The number of amides is 1. The van der Waals surface area contributed by atoms with Crippen LogP contribution in [0.4, 0.5) is 0 Å². The summed E-state index contributed by atoms with van der Waals surface area (Å²) in [6.45, 7) is 4.37. The van der Waals surface area contributed by atoms with Gasteiger partial charge in [-0.2, -0.15) is 0 Å². The van der Waals surface area contributed by atoms with Crippen molar-refractivity contribution in [2.24, 2.45) is 0 Å².